The van der Waals surface area contributed by atoms with Gasteiger partial charge in [-0.1, -0.05) is 42.5 Å². The lowest BCUT2D eigenvalue weighted by Gasteiger charge is -2.01. The van der Waals surface area contributed by atoms with E-state index in [9.17, 15) is 21.6 Å². The van der Waals surface area contributed by atoms with Crippen LogP contribution in [0.2, 0.25) is 0 Å². The van der Waals surface area contributed by atoms with Crippen molar-refractivity contribution in [1.82, 2.24) is 0 Å². The Labute approximate surface area is 120 Å². The summed E-state index contributed by atoms with van der Waals surface area (Å²) in [6, 6.07) is 15.6. The second kappa shape index (κ2) is 5.62. The van der Waals surface area contributed by atoms with E-state index in [2.05, 4.69) is 0 Å². The first-order valence-corrected chi connectivity index (χ1v) is 7.27. The van der Waals surface area contributed by atoms with E-state index in [0.29, 0.717) is 0 Å². The average molecular weight is 310 g/mol. The van der Waals surface area contributed by atoms with E-state index in [1.54, 1.807) is 12.1 Å². The van der Waals surface area contributed by atoms with Gasteiger partial charge in [0.2, 0.25) is 0 Å². The van der Waals surface area contributed by atoms with E-state index in [4.69, 9.17) is 0 Å². The third kappa shape index (κ3) is 3.64. The molecule has 0 atom stereocenters. The molecule has 0 aromatic heterocycles. The molecule has 2 rings (SSSR count). The second-order valence-electron chi connectivity index (χ2n) is 4.12. The molecular formula is C15H9F3O2S. The number of hydrogen-bond acceptors (Lipinski definition) is 2. The maximum absolute atomic E-state index is 12.1. The van der Waals surface area contributed by atoms with Crippen molar-refractivity contribution >= 4 is 9.84 Å². The van der Waals surface area contributed by atoms with Gasteiger partial charge in [0.05, 0.1) is 0 Å². The van der Waals surface area contributed by atoms with Crippen LogP contribution in [0.4, 0.5) is 13.2 Å². The zero-order valence-electron chi connectivity index (χ0n) is 10.6. The third-order valence-electron chi connectivity index (χ3n) is 2.63. The van der Waals surface area contributed by atoms with Crippen molar-refractivity contribution in [1.29, 1.82) is 0 Å². The molecule has 2 aromatic carbocycles. The van der Waals surface area contributed by atoms with Crippen LogP contribution in [-0.2, 0) is 9.84 Å². The first-order valence-electron chi connectivity index (χ1n) is 5.79. The maximum atomic E-state index is 12.1. The van der Waals surface area contributed by atoms with E-state index in [1.165, 1.54) is 17.4 Å². The zero-order chi connectivity index (χ0) is 15.5. The summed E-state index contributed by atoms with van der Waals surface area (Å²) in [6.45, 7) is 0. The van der Waals surface area contributed by atoms with Crippen molar-refractivity contribution in [2.24, 2.45) is 0 Å². The Kier molecular flexibility index (Phi) is 4.05. The highest BCUT2D eigenvalue weighted by Gasteiger charge is 2.44. The van der Waals surface area contributed by atoms with Gasteiger partial charge in [-0.15, -0.1) is 0 Å². The predicted molar refractivity (Wildman–Crippen MR) is 73.7 cm³/mol. The first-order chi connectivity index (χ1) is 9.79. The smallest absolute Gasteiger partial charge is 0.206 e. The molecule has 0 fully saturated rings. The first kappa shape index (κ1) is 15.1. The molecule has 2 aromatic rings. The molecule has 0 unspecified atom stereocenters. The molecule has 0 heterocycles. The topological polar surface area (TPSA) is 34.1 Å². The van der Waals surface area contributed by atoms with Crippen LogP contribution in [0.15, 0.2) is 54.6 Å². The minimum Gasteiger partial charge on any atom is -0.206 e. The number of rotatable bonds is 1. The van der Waals surface area contributed by atoms with Gasteiger partial charge in [0, 0.05) is 10.8 Å². The summed E-state index contributed by atoms with van der Waals surface area (Å²) in [4.78, 5) is 0. The molecule has 0 saturated carbocycles. The molecule has 0 aliphatic rings. The normalized spacial score (nSPS) is 11.6. The number of alkyl halides is 3. The molecule has 0 radical (unpaired) electrons. The summed E-state index contributed by atoms with van der Waals surface area (Å²) in [7, 11) is -5.42. The third-order valence-corrected chi connectivity index (χ3v) is 3.61. The molecule has 0 saturated heterocycles. The van der Waals surface area contributed by atoms with Crippen molar-refractivity contribution in [3.05, 3.63) is 60.2 Å². The van der Waals surface area contributed by atoms with Gasteiger partial charge in [-0.05, 0) is 29.2 Å². The highest BCUT2D eigenvalue weighted by Crippen LogP contribution is 2.23. The van der Waals surface area contributed by atoms with Gasteiger partial charge < -0.3 is 0 Å². The van der Waals surface area contributed by atoms with Crippen molar-refractivity contribution in [2.45, 2.75) is 5.51 Å². The van der Waals surface area contributed by atoms with Crippen molar-refractivity contribution < 1.29 is 21.6 Å². The maximum Gasteiger partial charge on any atom is 0.509 e. The van der Waals surface area contributed by atoms with Gasteiger partial charge in [-0.25, -0.2) is 8.42 Å². The predicted octanol–water partition coefficient (Wildman–Crippen LogP) is 3.60. The van der Waals surface area contributed by atoms with Crippen LogP contribution in [0, 0.1) is 11.2 Å². The summed E-state index contributed by atoms with van der Waals surface area (Å²) in [5.41, 5.74) is -3.36. The van der Waals surface area contributed by atoms with E-state index in [-0.39, 0.29) is 5.56 Å². The minimum atomic E-state index is -5.42. The van der Waals surface area contributed by atoms with Crippen LogP contribution in [0.5, 0.6) is 0 Å². The molecular weight excluding hydrogens is 301 g/mol. The van der Waals surface area contributed by atoms with E-state index in [0.717, 1.165) is 11.1 Å². The number of sulfone groups is 1. The molecule has 108 valence electrons. The Morgan fingerprint density at radius 3 is 1.86 bits per heavy atom. The number of benzene rings is 2. The number of halogens is 3. The van der Waals surface area contributed by atoms with Crippen LogP contribution in [0.3, 0.4) is 0 Å². The van der Waals surface area contributed by atoms with Crippen molar-refractivity contribution in [3.8, 4) is 22.3 Å². The largest absolute Gasteiger partial charge is 0.509 e. The Hall–Kier alpha value is -2.26. The fraction of sp³-hybridized carbons (Fsp3) is 0.0667. The number of hydrogen-bond donors (Lipinski definition) is 0. The van der Waals surface area contributed by atoms with Gasteiger partial charge in [0.25, 0.3) is 0 Å². The van der Waals surface area contributed by atoms with E-state index in [1.807, 2.05) is 36.3 Å². The van der Waals surface area contributed by atoms with Gasteiger partial charge in [0.15, 0.2) is 0 Å². The van der Waals surface area contributed by atoms with Crippen LogP contribution in [0.25, 0.3) is 11.1 Å². The standard InChI is InChI=1S/C15H9F3O2S/c16-15(17,18)21(19,20)11-10-12-6-8-14(9-7-12)13-4-2-1-3-5-13/h1-9H. The highest BCUT2D eigenvalue weighted by atomic mass is 32.2. The molecule has 0 bridgehead atoms. The fourth-order valence-electron chi connectivity index (χ4n) is 1.56. The summed E-state index contributed by atoms with van der Waals surface area (Å²) >= 11 is 0. The highest BCUT2D eigenvalue weighted by molar-refractivity contribution is 7.96. The SMILES string of the molecule is O=S(=O)(C#Cc1ccc(-c2ccccc2)cc1)C(F)(F)F. The van der Waals surface area contributed by atoms with E-state index >= 15 is 0 Å². The summed E-state index contributed by atoms with van der Waals surface area (Å²) in [6.07, 6.45) is 0. The van der Waals surface area contributed by atoms with Crippen LogP contribution >= 0.6 is 0 Å². The Morgan fingerprint density at radius 2 is 1.33 bits per heavy atom. The average Bonchev–Trinajstić information content (AvgIpc) is 2.45. The lowest BCUT2D eigenvalue weighted by atomic mass is 10.0. The molecule has 0 amide bonds. The van der Waals surface area contributed by atoms with Crippen LogP contribution < -0.4 is 0 Å². The van der Waals surface area contributed by atoms with Gasteiger partial charge in [-0.2, -0.15) is 13.2 Å². The van der Waals surface area contributed by atoms with Gasteiger partial charge in [0.1, 0.15) is 0 Å². The fourth-order valence-corrected chi connectivity index (χ4v) is 1.93. The Balaban J connectivity index is 2.26. The lowest BCUT2D eigenvalue weighted by Crippen LogP contribution is -2.20. The van der Waals surface area contributed by atoms with Gasteiger partial charge >= 0.3 is 15.3 Å². The molecule has 6 heteroatoms. The monoisotopic (exact) mass is 310 g/mol. The van der Waals surface area contributed by atoms with Crippen molar-refractivity contribution in [2.75, 3.05) is 0 Å². The Morgan fingerprint density at radius 1 is 0.810 bits per heavy atom. The molecule has 0 spiro atoms. The van der Waals surface area contributed by atoms with Crippen LogP contribution in [-0.4, -0.2) is 13.9 Å². The molecule has 0 aliphatic heterocycles. The van der Waals surface area contributed by atoms with Gasteiger partial charge in [-0.3, -0.25) is 0 Å². The second-order valence-corrected chi connectivity index (χ2v) is 5.79. The summed E-state index contributed by atoms with van der Waals surface area (Å²) in [5.74, 6) is 2.01. The van der Waals surface area contributed by atoms with Crippen LogP contribution in [0.1, 0.15) is 5.56 Å². The molecule has 0 aliphatic carbocycles. The summed E-state index contributed by atoms with van der Waals surface area (Å²) < 4.78 is 58.0. The zero-order valence-corrected chi connectivity index (χ0v) is 11.4. The molecule has 2 nitrogen and oxygen atoms in total. The minimum absolute atomic E-state index is 0.197. The van der Waals surface area contributed by atoms with Crippen molar-refractivity contribution in [3.63, 3.8) is 0 Å². The van der Waals surface area contributed by atoms with E-state index < -0.39 is 15.3 Å². The Bertz CT molecular complexity index is 781. The quantitative estimate of drug-likeness (QED) is 0.754. The lowest BCUT2D eigenvalue weighted by molar-refractivity contribution is -0.0420. The molecule has 0 N–H and O–H groups in total. The summed E-state index contributed by atoms with van der Waals surface area (Å²) in [5, 5.41) is 1.27. The molecule has 21 heavy (non-hydrogen) atoms.